The van der Waals surface area contributed by atoms with Gasteiger partial charge >= 0.3 is 0 Å². The van der Waals surface area contributed by atoms with E-state index in [9.17, 15) is 9.59 Å². The molecule has 2 amide bonds. The van der Waals surface area contributed by atoms with Crippen LogP contribution in [-0.4, -0.2) is 42.9 Å². The van der Waals surface area contributed by atoms with E-state index in [1.54, 1.807) is 0 Å². The Kier molecular flexibility index (Phi) is 7.92. The molecule has 5 heteroatoms. The highest BCUT2D eigenvalue weighted by Gasteiger charge is 2.17. The molecular weight excluding hydrogens is 314 g/mol. The average molecular weight is 345 g/mol. The Hall–Kier alpha value is -1.88. The molecule has 0 spiro atoms. The van der Waals surface area contributed by atoms with Crippen LogP contribution in [-0.2, 0) is 16.0 Å². The molecule has 0 saturated heterocycles. The summed E-state index contributed by atoms with van der Waals surface area (Å²) in [7, 11) is 2.20. The summed E-state index contributed by atoms with van der Waals surface area (Å²) in [6, 6.07) is 8.13. The number of hydrogen-bond acceptors (Lipinski definition) is 3. The van der Waals surface area contributed by atoms with E-state index in [2.05, 4.69) is 22.6 Å². The summed E-state index contributed by atoms with van der Waals surface area (Å²) < 4.78 is 0. The van der Waals surface area contributed by atoms with E-state index in [4.69, 9.17) is 0 Å². The standard InChI is InChI=1S/C20H31N3O2/c1-16(24)22-18-11-9-17(10-12-18)15-20(25)21-13-6-14-23(2)19-7-4-3-5-8-19/h9-12,19H,3-8,13-15H2,1-2H3,(H,21,25)(H,22,24). The number of nitrogens with zero attached hydrogens (tertiary/aromatic N) is 1. The number of anilines is 1. The largest absolute Gasteiger partial charge is 0.356 e. The molecule has 0 bridgehead atoms. The van der Waals surface area contributed by atoms with Gasteiger partial charge < -0.3 is 15.5 Å². The van der Waals surface area contributed by atoms with E-state index < -0.39 is 0 Å². The van der Waals surface area contributed by atoms with Crippen LogP contribution in [0, 0.1) is 0 Å². The van der Waals surface area contributed by atoms with Gasteiger partial charge in [-0.2, -0.15) is 0 Å². The van der Waals surface area contributed by atoms with Gasteiger partial charge in [0.25, 0.3) is 0 Å². The monoisotopic (exact) mass is 345 g/mol. The molecule has 25 heavy (non-hydrogen) atoms. The summed E-state index contributed by atoms with van der Waals surface area (Å²) in [5, 5.41) is 5.72. The van der Waals surface area contributed by atoms with E-state index in [1.165, 1.54) is 39.0 Å². The molecule has 1 aliphatic carbocycles. The predicted octanol–water partition coefficient (Wildman–Crippen LogP) is 2.96. The van der Waals surface area contributed by atoms with Crippen LogP contribution in [0.2, 0.25) is 0 Å². The third-order valence-corrected chi connectivity index (χ3v) is 4.85. The lowest BCUT2D eigenvalue weighted by atomic mass is 9.94. The molecule has 0 aromatic heterocycles. The van der Waals surface area contributed by atoms with Crippen molar-refractivity contribution in [1.29, 1.82) is 0 Å². The number of carbonyl (C=O) groups excluding carboxylic acids is 2. The van der Waals surface area contributed by atoms with Gasteiger partial charge in [-0.1, -0.05) is 31.4 Å². The molecule has 0 heterocycles. The predicted molar refractivity (Wildman–Crippen MR) is 102 cm³/mol. The van der Waals surface area contributed by atoms with Crippen molar-refractivity contribution in [2.45, 2.75) is 57.9 Å². The summed E-state index contributed by atoms with van der Waals surface area (Å²) in [5.41, 5.74) is 1.70. The molecule has 138 valence electrons. The molecule has 1 saturated carbocycles. The van der Waals surface area contributed by atoms with Gasteiger partial charge in [0.2, 0.25) is 11.8 Å². The lowest BCUT2D eigenvalue weighted by molar-refractivity contribution is -0.120. The third kappa shape index (κ3) is 7.26. The van der Waals surface area contributed by atoms with Crippen molar-refractivity contribution in [2.24, 2.45) is 0 Å². The Balaban J connectivity index is 1.62. The van der Waals surface area contributed by atoms with Crippen LogP contribution in [0.4, 0.5) is 5.69 Å². The van der Waals surface area contributed by atoms with Gasteiger partial charge in [-0.3, -0.25) is 9.59 Å². The van der Waals surface area contributed by atoms with Crippen molar-refractivity contribution in [1.82, 2.24) is 10.2 Å². The summed E-state index contributed by atoms with van der Waals surface area (Å²) in [5.74, 6) is -0.0451. The zero-order valence-corrected chi connectivity index (χ0v) is 15.5. The summed E-state index contributed by atoms with van der Waals surface area (Å²) in [6.45, 7) is 3.24. The third-order valence-electron chi connectivity index (χ3n) is 4.85. The molecule has 2 rings (SSSR count). The number of nitrogens with one attached hydrogen (secondary N) is 2. The van der Waals surface area contributed by atoms with Gasteiger partial charge in [-0.25, -0.2) is 0 Å². The van der Waals surface area contributed by atoms with Crippen LogP contribution in [0.25, 0.3) is 0 Å². The Morgan fingerprint density at radius 3 is 2.44 bits per heavy atom. The van der Waals surface area contributed by atoms with Crippen molar-refractivity contribution in [3.63, 3.8) is 0 Å². The molecule has 1 fully saturated rings. The highest BCUT2D eigenvalue weighted by atomic mass is 16.2. The molecule has 0 unspecified atom stereocenters. The van der Waals surface area contributed by atoms with E-state index >= 15 is 0 Å². The highest BCUT2D eigenvalue weighted by molar-refractivity contribution is 5.88. The fourth-order valence-electron chi connectivity index (χ4n) is 3.42. The topological polar surface area (TPSA) is 61.4 Å². The van der Waals surface area contributed by atoms with E-state index in [0.717, 1.165) is 36.8 Å². The maximum absolute atomic E-state index is 12.0. The second-order valence-electron chi connectivity index (χ2n) is 7.03. The Bertz CT molecular complexity index is 551. The van der Waals surface area contributed by atoms with Gasteiger partial charge in [-0.05, 0) is 50.6 Å². The lowest BCUT2D eigenvalue weighted by Crippen LogP contribution is -2.36. The molecular formula is C20H31N3O2. The second-order valence-corrected chi connectivity index (χ2v) is 7.03. The zero-order valence-electron chi connectivity index (χ0n) is 15.5. The van der Waals surface area contributed by atoms with Gasteiger partial charge in [0, 0.05) is 25.2 Å². The first-order chi connectivity index (χ1) is 12.0. The lowest BCUT2D eigenvalue weighted by Gasteiger charge is -2.31. The SMILES string of the molecule is CC(=O)Nc1ccc(CC(=O)NCCCN(C)C2CCCCC2)cc1. The van der Waals surface area contributed by atoms with E-state index in [-0.39, 0.29) is 11.8 Å². The summed E-state index contributed by atoms with van der Waals surface area (Å²) in [4.78, 5) is 25.5. The van der Waals surface area contributed by atoms with E-state index in [1.807, 2.05) is 24.3 Å². The van der Waals surface area contributed by atoms with Crippen LogP contribution in [0.15, 0.2) is 24.3 Å². The van der Waals surface area contributed by atoms with Crippen LogP contribution >= 0.6 is 0 Å². The van der Waals surface area contributed by atoms with Crippen molar-refractivity contribution in [3.05, 3.63) is 29.8 Å². The minimum Gasteiger partial charge on any atom is -0.356 e. The quantitative estimate of drug-likeness (QED) is 0.712. The average Bonchev–Trinajstić information content (AvgIpc) is 2.60. The molecule has 1 aromatic rings. The Labute approximate surface area is 151 Å². The van der Waals surface area contributed by atoms with Gasteiger partial charge in [-0.15, -0.1) is 0 Å². The maximum atomic E-state index is 12.0. The fourth-order valence-corrected chi connectivity index (χ4v) is 3.42. The van der Waals surface area contributed by atoms with Gasteiger partial charge in [0.1, 0.15) is 0 Å². The fraction of sp³-hybridized carbons (Fsp3) is 0.600. The number of carbonyl (C=O) groups is 2. The number of rotatable bonds is 8. The van der Waals surface area contributed by atoms with Crippen molar-refractivity contribution in [3.8, 4) is 0 Å². The molecule has 0 aliphatic heterocycles. The smallest absolute Gasteiger partial charge is 0.224 e. The molecule has 0 atom stereocenters. The first-order valence-electron chi connectivity index (χ1n) is 9.38. The number of amides is 2. The maximum Gasteiger partial charge on any atom is 0.224 e. The highest BCUT2D eigenvalue weighted by Crippen LogP contribution is 2.21. The first kappa shape index (κ1) is 19.4. The molecule has 2 N–H and O–H groups in total. The van der Waals surface area contributed by atoms with Crippen molar-refractivity contribution >= 4 is 17.5 Å². The molecule has 5 nitrogen and oxygen atoms in total. The van der Waals surface area contributed by atoms with Crippen molar-refractivity contribution in [2.75, 3.05) is 25.5 Å². The minimum absolute atomic E-state index is 0.0487. The first-order valence-corrected chi connectivity index (χ1v) is 9.38. The van der Waals surface area contributed by atoms with Crippen LogP contribution in [0.3, 0.4) is 0 Å². The normalized spacial score (nSPS) is 15.2. The molecule has 1 aromatic carbocycles. The van der Waals surface area contributed by atoms with Crippen LogP contribution < -0.4 is 10.6 Å². The van der Waals surface area contributed by atoms with Gasteiger partial charge in [0.15, 0.2) is 0 Å². The van der Waals surface area contributed by atoms with E-state index in [0.29, 0.717) is 6.42 Å². The molecule has 0 radical (unpaired) electrons. The Morgan fingerprint density at radius 2 is 1.80 bits per heavy atom. The van der Waals surface area contributed by atoms with Gasteiger partial charge in [0.05, 0.1) is 6.42 Å². The van der Waals surface area contributed by atoms with Crippen LogP contribution in [0.5, 0.6) is 0 Å². The summed E-state index contributed by atoms with van der Waals surface area (Å²) in [6.07, 6.45) is 8.08. The second kappa shape index (κ2) is 10.2. The molecule has 1 aliphatic rings. The number of benzene rings is 1. The number of hydrogen-bond donors (Lipinski definition) is 2. The van der Waals surface area contributed by atoms with Crippen LogP contribution in [0.1, 0.15) is 51.0 Å². The summed E-state index contributed by atoms with van der Waals surface area (Å²) >= 11 is 0. The zero-order chi connectivity index (χ0) is 18.1. The Morgan fingerprint density at radius 1 is 1.12 bits per heavy atom. The van der Waals surface area contributed by atoms with Crippen molar-refractivity contribution < 1.29 is 9.59 Å². The minimum atomic E-state index is -0.0938.